The van der Waals surface area contributed by atoms with Gasteiger partial charge in [-0.1, -0.05) is 11.6 Å². The zero-order valence-corrected chi connectivity index (χ0v) is 23.1. The van der Waals surface area contributed by atoms with Gasteiger partial charge in [0.1, 0.15) is 0 Å². The zero-order chi connectivity index (χ0) is 28.7. The molecule has 2 amide bonds. The van der Waals surface area contributed by atoms with Crippen molar-refractivity contribution in [1.29, 1.82) is 0 Å². The number of aromatic nitrogens is 2. The van der Waals surface area contributed by atoms with E-state index in [-0.39, 0.29) is 47.1 Å². The molecule has 1 saturated carbocycles. The third kappa shape index (κ3) is 5.32. The highest BCUT2D eigenvalue weighted by atomic mass is 35.5. The lowest BCUT2D eigenvalue weighted by molar-refractivity contribution is 0.0652. The molecule has 0 saturated heterocycles. The van der Waals surface area contributed by atoms with Gasteiger partial charge in [0.05, 0.1) is 17.9 Å². The maximum Gasteiger partial charge on any atom is 0.265 e. The molecule has 0 radical (unpaired) electrons. The minimum atomic E-state index is -2.81. The van der Waals surface area contributed by atoms with Crippen LogP contribution in [0.4, 0.5) is 14.7 Å². The maximum atomic E-state index is 13.9. The Kier molecular flexibility index (Phi) is 7.63. The van der Waals surface area contributed by atoms with Gasteiger partial charge in [-0.3, -0.25) is 14.4 Å². The SMILES string of the molecule is CNC(=O)c1ccc(-n2c(N[C@@H](C)C3CC3)nc3c(c2=O)CC(C)N(C(=O)c2ccc(Cl)c(C(F)F)c2)C3)cc1. The average Bonchev–Trinajstić information content (AvgIpc) is 3.79. The van der Waals surface area contributed by atoms with Crippen LogP contribution in [0.2, 0.25) is 5.02 Å². The molecule has 5 rings (SSSR count). The molecule has 210 valence electrons. The summed E-state index contributed by atoms with van der Waals surface area (Å²) in [6, 6.07) is 10.2. The number of nitrogens with zero attached hydrogens (tertiary/aromatic N) is 3. The number of hydrogen-bond acceptors (Lipinski definition) is 5. The van der Waals surface area contributed by atoms with E-state index in [4.69, 9.17) is 16.6 Å². The van der Waals surface area contributed by atoms with E-state index in [9.17, 15) is 23.2 Å². The first kappa shape index (κ1) is 27.8. The van der Waals surface area contributed by atoms with Crippen LogP contribution in [0.5, 0.6) is 0 Å². The molecule has 8 nitrogen and oxygen atoms in total. The van der Waals surface area contributed by atoms with Crippen molar-refractivity contribution in [2.24, 2.45) is 5.92 Å². The minimum Gasteiger partial charge on any atom is -0.355 e. The predicted octanol–water partition coefficient (Wildman–Crippen LogP) is 4.98. The molecular weight excluding hydrogens is 540 g/mol. The van der Waals surface area contributed by atoms with E-state index < -0.39 is 17.9 Å². The number of halogens is 3. The molecule has 2 aliphatic rings. The van der Waals surface area contributed by atoms with Crippen molar-refractivity contribution in [3.05, 3.63) is 85.8 Å². The Labute approximate surface area is 235 Å². The van der Waals surface area contributed by atoms with E-state index in [0.717, 1.165) is 18.9 Å². The third-order valence-electron chi connectivity index (χ3n) is 7.65. The van der Waals surface area contributed by atoms with Crippen molar-refractivity contribution in [3.8, 4) is 5.69 Å². The average molecular weight is 570 g/mol. The molecule has 1 fully saturated rings. The molecule has 2 heterocycles. The molecule has 1 aliphatic carbocycles. The number of alkyl halides is 2. The molecule has 1 aromatic heterocycles. The fourth-order valence-corrected chi connectivity index (χ4v) is 5.30. The summed E-state index contributed by atoms with van der Waals surface area (Å²) in [6.45, 7) is 3.91. The van der Waals surface area contributed by atoms with Gasteiger partial charge in [0, 0.05) is 46.4 Å². The van der Waals surface area contributed by atoms with Gasteiger partial charge >= 0.3 is 0 Å². The van der Waals surface area contributed by atoms with Gasteiger partial charge in [-0.05, 0) is 81.5 Å². The Morgan fingerprint density at radius 1 is 1.10 bits per heavy atom. The summed E-state index contributed by atoms with van der Waals surface area (Å²) in [5, 5.41) is 5.88. The van der Waals surface area contributed by atoms with Crippen LogP contribution in [0.15, 0.2) is 47.3 Å². The molecule has 11 heteroatoms. The molecule has 3 aromatic rings. The van der Waals surface area contributed by atoms with E-state index in [1.807, 2.05) is 13.8 Å². The number of fused-ring (bicyclic) bond motifs is 1. The quantitative estimate of drug-likeness (QED) is 0.418. The fraction of sp³-hybridized carbons (Fsp3) is 0.379. The first-order valence-corrected chi connectivity index (χ1v) is 13.6. The summed E-state index contributed by atoms with van der Waals surface area (Å²) < 4.78 is 28.3. The number of carbonyl (C=O) groups excluding carboxylic acids is 2. The summed E-state index contributed by atoms with van der Waals surface area (Å²) >= 11 is 5.90. The number of anilines is 1. The Morgan fingerprint density at radius 3 is 2.40 bits per heavy atom. The second-order valence-electron chi connectivity index (χ2n) is 10.4. The van der Waals surface area contributed by atoms with Crippen molar-refractivity contribution in [2.75, 3.05) is 12.4 Å². The van der Waals surface area contributed by atoms with Gasteiger partial charge in [-0.2, -0.15) is 0 Å². The Morgan fingerprint density at radius 2 is 1.77 bits per heavy atom. The first-order valence-electron chi connectivity index (χ1n) is 13.2. The Bertz CT molecular complexity index is 1520. The van der Waals surface area contributed by atoms with Gasteiger partial charge in [0.2, 0.25) is 5.95 Å². The Balaban J connectivity index is 1.53. The van der Waals surface area contributed by atoms with Crippen LogP contribution in [0.3, 0.4) is 0 Å². The van der Waals surface area contributed by atoms with Crippen molar-refractivity contribution in [2.45, 2.75) is 58.2 Å². The lowest BCUT2D eigenvalue weighted by atomic mass is 9.98. The zero-order valence-electron chi connectivity index (χ0n) is 22.4. The molecule has 1 unspecified atom stereocenters. The van der Waals surface area contributed by atoms with Crippen LogP contribution in [-0.4, -0.2) is 45.4 Å². The van der Waals surface area contributed by atoms with Crippen molar-refractivity contribution in [3.63, 3.8) is 0 Å². The maximum absolute atomic E-state index is 13.9. The standard InChI is InChI=1S/C29H30ClF2N5O3/c1-15-12-22-24(14-36(15)27(39)19-8-11-23(30)21(13-19)25(31)32)35-29(34-16(2)17-4-5-17)37(28(22)40)20-9-6-18(7-10-20)26(38)33-3/h6-11,13,15-17,25H,4-5,12,14H2,1-3H3,(H,33,38)(H,34,35)/t15?,16-/m0/s1. The number of carbonyl (C=O) groups is 2. The van der Waals surface area contributed by atoms with Gasteiger partial charge in [-0.25, -0.2) is 18.3 Å². The van der Waals surface area contributed by atoms with Crippen molar-refractivity contribution in [1.82, 2.24) is 19.8 Å². The van der Waals surface area contributed by atoms with E-state index in [1.54, 1.807) is 36.2 Å². The largest absolute Gasteiger partial charge is 0.355 e. The normalized spacial score (nSPS) is 17.4. The van der Waals surface area contributed by atoms with Crippen LogP contribution < -0.4 is 16.2 Å². The van der Waals surface area contributed by atoms with Crippen LogP contribution in [0.1, 0.15) is 70.7 Å². The number of benzene rings is 2. The van der Waals surface area contributed by atoms with Crippen molar-refractivity contribution < 1.29 is 18.4 Å². The van der Waals surface area contributed by atoms with Crippen LogP contribution >= 0.6 is 11.6 Å². The fourth-order valence-electron chi connectivity index (χ4n) is 5.10. The van der Waals surface area contributed by atoms with Gasteiger partial charge < -0.3 is 15.5 Å². The van der Waals surface area contributed by atoms with Crippen molar-refractivity contribution >= 4 is 29.4 Å². The topological polar surface area (TPSA) is 96.3 Å². The third-order valence-corrected chi connectivity index (χ3v) is 8.00. The lowest BCUT2D eigenvalue weighted by Gasteiger charge is -2.35. The van der Waals surface area contributed by atoms with Crippen LogP contribution in [0.25, 0.3) is 5.69 Å². The molecule has 2 atom stereocenters. The first-order chi connectivity index (χ1) is 19.1. The number of amides is 2. The number of hydrogen-bond donors (Lipinski definition) is 2. The Hall–Kier alpha value is -3.79. The predicted molar refractivity (Wildman–Crippen MR) is 148 cm³/mol. The van der Waals surface area contributed by atoms with E-state index in [0.29, 0.717) is 34.4 Å². The molecule has 1 aliphatic heterocycles. The van der Waals surface area contributed by atoms with Crippen LogP contribution in [0, 0.1) is 5.92 Å². The smallest absolute Gasteiger partial charge is 0.265 e. The van der Waals surface area contributed by atoms with E-state index in [2.05, 4.69) is 10.6 Å². The number of rotatable bonds is 7. The second kappa shape index (κ2) is 11.0. The highest BCUT2D eigenvalue weighted by Crippen LogP contribution is 2.34. The van der Waals surface area contributed by atoms with Gasteiger partial charge in [0.25, 0.3) is 23.8 Å². The van der Waals surface area contributed by atoms with Gasteiger partial charge in [0.15, 0.2) is 0 Å². The lowest BCUT2D eigenvalue weighted by Crippen LogP contribution is -2.46. The molecular formula is C29H30ClF2N5O3. The minimum absolute atomic E-state index is 0.0557. The monoisotopic (exact) mass is 569 g/mol. The van der Waals surface area contributed by atoms with E-state index >= 15 is 0 Å². The van der Waals surface area contributed by atoms with Crippen LogP contribution in [-0.2, 0) is 13.0 Å². The molecule has 40 heavy (non-hydrogen) atoms. The summed E-state index contributed by atoms with van der Waals surface area (Å²) in [4.78, 5) is 45.8. The summed E-state index contributed by atoms with van der Waals surface area (Å²) in [7, 11) is 1.55. The highest BCUT2D eigenvalue weighted by molar-refractivity contribution is 6.31. The summed E-state index contributed by atoms with van der Waals surface area (Å²) in [5.41, 5.74) is 1.41. The summed E-state index contributed by atoms with van der Waals surface area (Å²) in [5.74, 6) is 0.157. The molecule has 2 aromatic carbocycles. The van der Waals surface area contributed by atoms with E-state index in [1.165, 1.54) is 16.7 Å². The summed E-state index contributed by atoms with van der Waals surface area (Å²) in [6.07, 6.45) is -0.388. The second-order valence-corrected chi connectivity index (χ2v) is 10.8. The molecule has 0 spiro atoms. The molecule has 0 bridgehead atoms. The number of nitrogens with one attached hydrogen (secondary N) is 2. The van der Waals surface area contributed by atoms with Gasteiger partial charge in [-0.15, -0.1) is 0 Å². The highest BCUT2D eigenvalue weighted by Gasteiger charge is 2.34. The molecule has 2 N–H and O–H groups in total.